The van der Waals surface area contributed by atoms with E-state index < -0.39 is 5.97 Å². The summed E-state index contributed by atoms with van der Waals surface area (Å²) in [4.78, 5) is 21.0. The number of H-pyrrole nitrogens is 1. The Morgan fingerprint density at radius 1 is 1.30 bits per heavy atom. The van der Waals surface area contributed by atoms with Crippen molar-refractivity contribution in [2.45, 2.75) is 59.4 Å². The second-order valence-corrected chi connectivity index (χ2v) is 9.07. The van der Waals surface area contributed by atoms with E-state index >= 15 is 0 Å². The molecule has 0 fully saturated rings. The van der Waals surface area contributed by atoms with Crippen LogP contribution in [0.15, 0.2) is 23.2 Å². The van der Waals surface area contributed by atoms with Gasteiger partial charge in [0, 0.05) is 0 Å². The first-order valence-corrected chi connectivity index (χ1v) is 11.5. The lowest BCUT2D eigenvalue weighted by Crippen LogP contribution is -2.36. The van der Waals surface area contributed by atoms with Crippen LogP contribution in [0.4, 0.5) is 5.69 Å². The molecule has 2 aromatic heterocycles. The number of aryl methyl sites for hydroxylation is 1. The van der Waals surface area contributed by atoms with Gasteiger partial charge in [0.15, 0.2) is 0 Å². The van der Waals surface area contributed by atoms with Crippen molar-refractivity contribution >= 4 is 34.3 Å². The SMILES string of the molecule is CCCc1c2[nH]nc(C(C)C)c2nc(=NC(CO)C(C)C)n1Nc1ccc(C(=O)O)c(Cl)c1. The van der Waals surface area contributed by atoms with Crippen LogP contribution in [0, 0.1) is 5.92 Å². The molecule has 0 saturated heterocycles. The van der Waals surface area contributed by atoms with Crippen LogP contribution in [0.2, 0.25) is 5.02 Å². The number of carboxylic acid groups (broad SMARTS) is 1. The zero-order valence-electron chi connectivity index (χ0n) is 19.6. The fraction of sp³-hybridized carbons (Fsp3) is 0.478. The largest absolute Gasteiger partial charge is 0.478 e. The van der Waals surface area contributed by atoms with E-state index in [4.69, 9.17) is 21.6 Å². The minimum absolute atomic E-state index is 0.0229. The number of nitrogens with one attached hydrogen (secondary N) is 2. The Morgan fingerprint density at radius 2 is 2.03 bits per heavy atom. The van der Waals surface area contributed by atoms with E-state index in [-0.39, 0.29) is 35.1 Å². The van der Waals surface area contributed by atoms with Gasteiger partial charge in [-0.3, -0.25) is 10.5 Å². The molecule has 0 bridgehead atoms. The summed E-state index contributed by atoms with van der Waals surface area (Å²) in [5.74, 6) is -0.821. The monoisotopic (exact) mass is 474 g/mol. The van der Waals surface area contributed by atoms with Crippen LogP contribution in [-0.4, -0.2) is 48.7 Å². The third-order valence-corrected chi connectivity index (χ3v) is 5.76. The van der Waals surface area contributed by atoms with Gasteiger partial charge >= 0.3 is 5.97 Å². The van der Waals surface area contributed by atoms with Crippen LogP contribution in [0.1, 0.15) is 68.7 Å². The van der Waals surface area contributed by atoms with Gasteiger partial charge in [0.1, 0.15) is 11.0 Å². The van der Waals surface area contributed by atoms with Gasteiger partial charge in [0.05, 0.1) is 40.3 Å². The molecule has 0 spiro atoms. The average Bonchev–Trinajstić information content (AvgIpc) is 3.17. The molecule has 9 nitrogen and oxygen atoms in total. The van der Waals surface area contributed by atoms with E-state index in [1.807, 2.05) is 13.8 Å². The van der Waals surface area contributed by atoms with E-state index in [1.54, 1.807) is 16.8 Å². The maximum absolute atomic E-state index is 11.3. The summed E-state index contributed by atoms with van der Waals surface area (Å²) in [6, 6.07) is 4.31. The van der Waals surface area contributed by atoms with E-state index in [1.165, 1.54) is 6.07 Å². The molecule has 0 aliphatic carbocycles. The van der Waals surface area contributed by atoms with Gasteiger partial charge in [0.2, 0.25) is 5.62 Å². The van der Waals surface area contributed by atoms with Crippen LogP contribution in [0.5, 0.6) is 0 Å². The smallest absolute Gasteiger partial charge is 0.337 e. The highest BCUT2D eigenvalue weighted by molar-refractivity contribution is 6.33. The Morgan fingerprint density at radius 3 is 2.58 bits per heavy atom. The number of carboxylic acids is 1. The minimum Gasteiger partial charge on any atom is -0.478 e. The Kier molecular flexibility index (Phi) is 7.76. The number of hydrogen-bond acceptors (Lipinski definition) is 6. The zero-order valence-corrected chi connectivity index (χ0v) is 20.3. The minimum atomic E-state index is -1.09. The molecule has 4 N–H and O–H groups in total. The molecule has 0 amide bonds. The number of fused-ring (bicyclic) bond motifs is 1. The highest BCUT2D eigenvalue weighted by atomic mass is 35.5. The highest BCUT2D eigenvalue weighted by Crippen LogP contribution is 2.25. The van der Waals surface area contributed by atoms with Crippen molar-refractivity contribution in [3.05, 3.63) is 45.8 Å². The van der Waals surface area contributed by atoms with Gasteiger partial charge < -0.3 is 10.2 Å². The number of aromatic nitrogens is 4. The zero-order chi connectivity index (χ0) is 24.3. The Bertz CT molecular complexity index is 1210. The number of aliphatic hydroxyl groups excluding tert-OH is 1. The van der Waals surface area contributed by atoms with E-state index in [2.05, 4.69) is 36.4 Å². The average molecular weight is 475 g/mol. The van der Waals surface area contributed by atoms with Crippen molar-refractivity contribution in [2.75, 3.05) is 12.0 Å². The Balaban J connectivity index is 2.29. The molecular formula is C23H31ClN6O3. The summed E-state index contributed by atoms with van der Waals surface area (Å²) in [6.45, 7) is 10.1. The number of aliphatic hydroxyl groups is 1. The fourth-order valence-corrected chi connectivity index (χ4v) is 3.82. The summed E-state index contributed by atoms with van der Waals surface area (Å²) in [5.41, 5.74) is 7.61. The number of rotatable bonds is 9. The Hall–Kier alpha value is -2.91. The third kappa shape index (κ3) is 5.20. The van der Waals surface area contributed by atoms with Gasteiger partial charge in [0.25, 0.3) is 0 Å². The molecule has 3 rings (SSSR count). The topological polar surface area (TPSA) is 128 Å². The molecule has 178 valence electrons. The van der Waals surface area contributed by atoms with Crippen molar-refractivity contribution in [1.82, 2.24) is 19.9 Å². The van der Waals surface area contributed by atoms with E-state index in [0.29, 0.717) is 17.7 Å². The van der Waals surface area contributed by atoms with Gasteiger partial charge in [-0.25, -0.2) is 19.4 Å². The first-order valence-electron chi connectivity index (χ1n) is 11.1. The molecule has 10 heteroatoms. The molecule has 0 saturated carbocycles. The highest BCUT2D eigenvalue weighted by Gasteiger charge is 2.20. The maximum atomic E-state index is 11.3. The van der Waals surface area contributed by atoms with Gasteiger partial charge in [-0.1, -0.05) is 52.6 Å². The van der Waals surface area contributed by atoms with Crippen LogP contribution in [-0.2, 0) is 6.42 Å². The van der Waals surface area contributed by atoms with Gasteiger partial charge in [-0.2, -0.15) is 5.10 Å². The second kappa shape index (κ2) is 10.4. The summed E-state index contributed by atoms with van der Waals surface area (Å²) in [5, 5.41) is 26.9. The summed E-state index contributed by atoms with van der Waals surface area (Å²) >= 11 is 6.19. The van der Waals surface area contributed by atoms with Crippen LogP contribution >= 0.6 is 11.6 Å². The summed E-state index contributed by atoms with van der Waals surface area (Å²) in [6.07, 6.45) is 1.57. The van der Waals surface area contributed by atoms with Crippen LogP contribution in [0.3, 0.4) is 0 Å². The fourth-order valence-electron chi connectivity index (χ4n) is 3.56. The molecule has 0 aliphatic rings. The molecule has 2 heterocycles. The van der Waals surface area contributed by atoms with Crippen molar-refractivity contribution in [1.29, 1.82) is 0 Å². The number of hydrogen-bond donors (Lipinski definition) is 4. The molecule has 33 heavy (non-hydrogen) atoms. The standard InChI is InChI=1S/C23H31ClN6O3/c1-6-7-18-20-21(19(13(4)5)27-28-20)26-23(25-17(11-31)12(2)3)30(18)29-14-8-9-15(22(32)33)16(24)10-14/h8-10,12-13,17,28-29,31H,6-7,11H2,1-5H3,(H,32,33). The van der Waals surface area contributed by atoms with Crippen LogP contribution in [0.25, 0.3) is 11.0 Å². The number of benzene rings is 1. The van der Waals surface area contributed by atoms with Gasteiger partial charge in [-0.05, 0) is 36.5 Å². The number of halogens is 1. The number of anilines is 1. The summed E-state index contributed by atoms with van der Waals surface area (Å²) in [7, 11) is 0. The lowest BCUT2D eigenvalue weighted by atomic mass is 10.1. The van der Waals surface area contributed by atoms with Crippen LogP contribution < -0.4 is 11.0 Å². The van der Waals surface area contributed by atoms with Crippen molar-refractivity contribution in [3.63, 3.8) is 0 Å². The molecule has 0 radical (unpaired) electrons. The lowest BCUT2D eigenvalue weighted by Gasteiger charge is -2.19. The molecular weight excluding hydrogens is 444 g/mol. The van der Waals surface area contributed by atoms with E-state index in [0.717, 1.165) is 28.8 Å². The predicted octanol–water partition coefficient (Wildman–Crippen LogP) is 3.98. The van der Waals surface area contributed by atoms with Crippen molar-refractivity contribution < 1.29 is 15.0 Å². The number of aromatic amines is 1. The van der Waals surface area contributed by atoms with E-state index in [9.17, 15) is 15.0 Å². The first kappa shape index (κ1) is 24.7. The number of nitrogens with zero attached hydrogens (tertiary/aromatic N) is 4. The maximum Gasteiger partial charge on any atom is 0.337 e. The molecule has 1 atom stereocenters. The van der Waals surface area contributed by atoms with Gasteiger partial charge in [-0.15, -0.1) is 0 Å². The first-order chi connectivity index (χ1) is 15.7. The van der Waals surface area contributed by atoms with Crippen molar-refractivity contribution in [2.24, 2.45) is 10.9 Å². The third-order valence-electron chi connectivity index (χ3n) is 5.45. The lowest BCUT2D eigenvalue weighted by molar-refractivity contribution is 0.0697. The molecule has 1 unspecified atom stereocenters. The molecule has 3 aromatic rings. The summed E-state index contributed by atoms with van der Waals surface area (Å²) < 4.78 is 1.77. The predicted molar refractivity (Wildman–Crippen MR) is 129 cm³/mol. The molecule has 1 aromatic carbocycles. The van der Waals surface area contributed by atoms with Crippen molar-refractivity contribution in [3.8, 4) is 0 Å². The quantitative estimate of drug-likeness (QED) is 0.371. The number of carbonyl (C=O) groups is 1. The Labute approximate surface area is 197 Å². The second-order valence-electron chi connectivity index (χ2n) is 8.67. The molecule has 0 aliphatic heterocycles. The number of aromatic carboxylic acids is 1. The normalized spacial score (nSPS) is 13.3.